The minimum atomic E-state index is -0.0751. The zero-order chi connectivity index (χ0) is 18.9. The molecule has 0 aliphatic rings. The number of benzene rings is 2. The number of carbonyl (C=O) groups is 2. The van der Waals surface area contributed by atoms with Gasteiger partial charge in [0.2, 0.25) is 11.8 Å². The summed E-state index contributed by atoms with van der Waals surface area (Å²) >= 11 is 0. The van der Waals surface area contributed by atoms with Gasteiger partial charge in [0.1, 0.15) is 5.75 Å². The van der Waals surface area contributed by atoms with Gasteiger partial charge in [0.25, 0.3) is 0 Å². The molecule has 0 heterocycles. The fourth-order valence-corrected chi connectivity index (χ4v) is 2.40. The Morgan fingerprint density at radius 3 is 2.19 bits per heavy atom. The van der Waals surface area contributed by atoms with Crippen molar-refractivity contribution in [2.45, 2.75) is 33.6 Å². The quantitative estimate of drug-likeness (QED) is 0.745. The molecular weight excluding hydrogens is 328 g/mol. The second-order valence-corrected chi connectivity index (χ2v) is 6.31. The fourth-order valence-electron chi connectivity index (χ4n) is 2.40. The van der Waals surface area contributed by atoms with E-state index in [2.05, 4.69) is 10.6 Å². The highest BCUT2D eigenvalue weighted by Crippen LogP contribution is 2.20. The van der Waals surface area contributed by atoms with Crippen LogP contribution in [0.5, 0.6) is 5.75 Å². The van der Waals surface area contributed by atoms with Crippen LogP contribution >= 0.6 is 0 Å². The average Bonchev–Trinajstić information content (AvgIpc) is 2.63. The van der Waals surface area contributed by atoms with Crippen molar-refractivity contribution >= 4 is 23.2 Å². The molecule has 26 heavy (non-hydrogen) atoms. The molecule has 5 heteroatoms. The zero-order valence-electron chi connectivity index (χ0n) is 15.5. The van der Waals surface area contributed by atoms with Crippen molar-refractivity contribution in [1.82, 2.24) is 0 Å². The predicted molar refractivity (Wildman–Crippen MR) is 104 cm³/mol. The number of para-hydroxylation sites is 1. The van der Waals surface area contributed by atoms with Crippen molar-refractivity contribution in [2.24, 2.45) is 5.92 Å². The number of rotatable bonds is 8. The number of ether oxygens (including phenoxy) is 1. The third kappa shape index (κ3) is 5.92. The lowest BCUT2D eigenvalue weighted by molar-refractivity contribution is -0.119. The molecule has 0 fully saturated rings. The van der Waals surface area contributed by atoms with Gasteiger partial charge in [-0.3, -0.25) is 9.59 Å². The van der Waals surface area contributed by atoms with Gasteiger partial charge >= 0.3 is 0 Å². The summed E-state index contributed by atoms with van der Waals surface area (Å²) in [7, 11) is 0. The van der Waals surface area contributed by atoms with Crippen LogP contribution in [0, 0.1) is 5.92 Å². The molecule has 2 amide bonds. The van der Waals surface area contributed by atoms with Crippen molar-refractivity contribution < 1.29 is 14.3 Å². The lowest BCUT2D eigenvalue weighted by Crippen LogP contribution is -2.17. The molecular formula is C21H26N2O3. The number of carbonyl (C=O) groups excluding carboxylic acids is 2. The number of hydrogen-bond donors (Lipinski definition) is 2. The highest BCUT2D eigenvalue weighted by molar-refractivity contribution is 5.93. The summed E-state index contributed by atoms with van der Waals surface area (Å²) in [5.41, 5.74) is 2.44. The molecule has 2 aromatic carbocycles. The van der Waals surface area contributed by atoms with Gasteiger partial charge in [-0.25, -0.2) is 0 Å². The maximum absolute atomic E-state index is 12.2. The first-order chi connectivity index (χ1) is 12.5. The normalized spacial score (nSPS) is 10.5. The Morgan fingerprint density at radius 1 is 0.962 bits per heavy atom. The van der Waals surface area contributed by atoms with E-state index in [1.165, 1.54) is 0 Å². The van der Waals surface area contributed by atoms with E-state index in [-0.39, 0.29) is 17.7 Å². The van der Waals surface area contributed by atoms with Crippen LogP contribution in [0.1, 0.15) is 32.8 Å². The second-order valence-electron chi connectivity index (χ2n) is 6.31. The van der Waals surface area contributed by atoms with Crippen LogP contribution in [-0.2, 0) is 16.0 Å². The van der Waals surface area contributed by atoms with E-state index in [4.69, 9.17) is 4.74 Å². The molecule has 0 bridgehead atoms. The summed E-state index contributed by atoms with van der Waals surface area (Å²) in [5, 5.41) is 5.70. The van der Waals surface area contributed by atoms with Gasteiger partial charge in [-0.15, -0.1) is 0 Å². The summed E-state index contributed by atoms with van der Waals surface area (Å²) in [6, 6.07) is 14.9. The standard InChI is InChI=1S/C21H26N2O3/c1-4-26-19-8-6-5-7-16(19)9-14-20(24)22-17-10-12-18(13-11-17)23-21(25)15(2)3/h5-8,10-13,15H,4,9,14H2,1-3H3,(H,22,24)(H,23,25). The van der Waals surface area contributed by atoms with Crippen molar-refractivity contribution in [3.8, 4) is 5.75 Å². The van der Waals surface area contributed by atoms with Crippen molar-refractivity contribution in [1.29, 1.82) is 0 Å². The topological polar surface area (TPSA) is 67.4 Å². The van der Waals surface area contributed by atoms with Crippen molar-refractivity contribution in [3.05, 3.63) is 54.1 Å². The van der Waals surface area contributed by atoms with Crippen LogP contribution < -0.4 is 15.4 Å². The maximum Gasteiger partial charge on any atom is 0.226 e. The molecule has 0 aliphatic heterocycles. The molecule has 2 rings (SSSR count). The van der Waals surface area contributed by atoms with Crippen LogP contribution in [0.25, 0.3) is 0 Å². The Bertz CT molecular complexity index is 739. The monoisotopic (exact) mass is 354 g/mol. The molecule has 0 saturated carbocycles. The highest BCUT2D eigenvalue weighted by Gasteiger charge is 2.09. The molecule has 0 aromatic heterocycles. The third-order valence-corrected chi connectivity index (χ3v) is 3.85. The minimum absolute atomic E-state index is 0.0326. The highest BCUT2D eigenvalue weighted by atomic mass is 16.5. The van der Waals surface area contributed by atoms with E-state index < -0.39 is 0 Å². The minimum Gasteiger partial charge on any atom is -0.494 e. The van der Waals surface area contributed by atoms with Gasteiger partial charge in [-0.2, -0.15) is 0 Å². The van der Waals surface area contributed by atoms with Crippen LogP contribution in [0.4, 0.5) is 11.4 Å². The molecule has 0 aliphatic carbocycles. The Labute approximate surface area is 154 Å². The van der Waals surface area contributed by atoms with Crippen molar-refractivity contribution in [2.75, 3.05) is 17.2 Å². The zero-order valence-corrected chi connectivity index (χ0v) is 15.5. The molecule has 2 aromatic rings. The van der Waals surface area contributed by atoms with E-state index in [1.54, 1.807) is 24.3 Å². The van der Waals surface area contributed by atoms with Gasteiger partial charge in [0.05, 0.1) is 6.61 Å². The van der Waals surface area contributed by atoms with Gasteiger partial charge in [-0.05, 0) is 49.2 Å². The van der Waals surface area contributed by atoms with Crippen molar-refractivity contribution in [3.63, 3.8) is 0 Å². The summed E-state index contributed by atoms with van der Waals surface area (Å²) in [6.45, 7) is 6.22. The number of amides is 2. The van der Waals surface area contributed by atoms with E-state index in [0.29, 0.717) is 30.8 Å². The first-order valence-electron chi connectivity index (χ1n) is 8.91. The van der Waals surface area contributed by atoms with E-state index >= 15 is 0 Å². The number of nitrogens with one attached hydrogen (secondary N) is 2. The molecule has 138 valence electrons. The Kier molecular flexibility index (Phi) is 7.21. The van der Waals surface area contributed by atoms with E-state index in [9.17, 15) is 9.59 Å². The lowest BCUT2D eigenvalue weighted by atomic mass is 10.1. The van der Waals surface area contributed by atoms with Crippen LogP contribution in [0.3, 0.4) is 0 Å². The summed E-state index contributed by atoms with van der Waals surface area (Å²) in [5.74, 6) is 0.659. The van der Waals surface area contributed by atoms with E-state index in [1.807, 2.05) is 45.0 Å². The smallest absolute Gasteiger partial charge is 0.226 e. The molecule has 2 N–H and O–H groups in total. The Balaban J connectivity index is 1.87. The molecule has 0 atom stereocenters. The molecule has 0 radical (unpaired) electrons. The molecule has 0 saturated heterocycles. The summed E-state index contributed by atoms with van der Waals surface area (Å²) in [6.07, 6.45) is 0.987. The SMILES string of the molecule is CCOc1ccccc1CCC(=O)Nc1ccc(NC(=O)C(C)C)cc1. The maximum atomic E-state index is 12.2. The first kappa shape index (κ1) is 19.5. The number of anilines is 2. The largest absolute Gasteiger partial charge is 0.494 e. The van der Waals surface area contributed by atoms with Gasteiger partial charge in [-0.1, -0.05) is 32.0 Å². The summed E-state index contributed by atoms with van der Waals surface area (Å²) < 4.78 is 5.58. The van der Waals surface area contributed by atoms with Gasteiger partial charge in [0, 0.05) is 23.7 Å². The van der Waals surface area contributed by atoms with Crippen LogP contribution in [-0.4, -0.2) is 18.4 Å². The predicted octanol–water partition coefficient (Wildman–Crippen LogP) is 4.25. The van der Waals surface area contributed by atoms with Crippen LogP contribution in [0.15, 0.2) is 48.5 Å². The second kappa shape index (κ2) is 9.61. The Morgan fingerprint density at radius 2 is 1.58 bits per heavy atom. The van der Waals surface area contributed by atoms with Gasteiger partial charge in [0.15, 0.2) is 0 Å². The molecule has 0 spiro atoms. The molecule has 5 nitrogen and oxygen atoms in total. The summed E-state index contributed by atoms with van der Waals surface area (Å²) in [4.78, 5) is 23.9. The number of hydrogen-bond acceptors (Lipinski definition) is 3. The lowest BCUT2D eigenvalue weighted by Gasteiger charge is -2.11. The third-order valence-electron chi connectivity index (χ3n) is 3.85. The molecule has 0 unspecified atom stereocenters. The Hall–Kier alpha value is -2.82. The fraction of sp³-hybridized carbons (Fsp3) is 0.333. The number of aryl methyl sites for hydroxylation is 1. The van der Waals surface area contributed by atoms with E-state index in [0.717, 1.165) is 11.3 Å². The first-order valence-corrected chi connectivity index (χ1v) is 8.91. The van der Waals surface area contributed by atoms with Gasteiger partial charge < -0.3 is 15.4 Å². The average molecular weight is 354 g/mol. The van der Waals surface area contributed by atoms with Crippen LogP contribution in [0.2, 0.25) is 0 Å².